The summed E-state index contributed by atoms with van der Waals surface area (Å²) in [6, 6.07) is 0. The number of carboxylic acid groups (broad SMARTS) is 2. The summed E-state index contributed by atoms with van der Waals surface area (Å²) in [6.07, 6.45) is 0.542. The Morgan fingerprint density at radius 3 is 1.62 bits per heavy atom. The molecule has 0 bridgehead atoms. The minimum absolute atomic E-state index is 0. The minimum atomic E-state index is -1.52. The Bertz CT molecular complexity index is 211. The van der Waals surface area contributed by atoms with Gasteiger partial charge < -0.3 is 19.8 Å². The van der Waals surface area contributed by atoms with E-state index in [0.717, 1.165) is 0 Å². The van der Waals surface area contributed by atoms with Gasteiger partial charge in [0.2, 0.25) is 0 Å². The molecule has 0 aliphatic heterocycles. The van der Waals surface area contributed by atoms with Gasteiger partial charge in [-0.05, 0) is 17.6 Å². The van der Waals surface area contributed by atoms with Gasteiger partial charge in [0.05, 0.1) is 11.9 Å². The van der Waals surface area contributed by atoms with E-state index in [2.05, 4.69) is 0 Å². The van der Waals surface area contributed by atoms with Crippen molar-refractivity contribution in [1.29, 1.82) is 0 Å². The van der Waals surface area contributed by atoms with Crippen molar-refractivity contribution in [3.8, 4) is 0 Å². The molecule has 0 unspecified atom stereocenters. The van der Waals surface area contributed by atoms with E-state index in [0.29, 0.717) is 6.08 Å². The van der Waals surface area contributed by atoms with Crippen LogP contribution in [0.2, 0.25) is 0 Å². The molecule has 0 aliphatic rings. The maximum atomic E-state index is 10.2. The van der Waals surface area contributed by atoms with Gasteiger partial charge in [-0.15, -0.1) is 0 Å². The van der Waals surface area contributed by atoms with Crippen LogP contribution in [0.15, 0.2) is 11.6 Å². The Morgan fingerprint density at radius 2 is 1.54 bits per heavy atom. The third-order valence-corrected chi connectivity index (χ3v) is 1.13. The van der Waals surface area contributed by atoms with E-state index in [1.54, 1.807) is 13.8 Å². The first-order chi connectivity index (χ1) is 4.95. The Morgan fingerprint density at radius 1 is 1.15 bits per heavy atom. The van der Waals surface area contributed by atoms with Gasteiger partial charge in [-0.25, -0.2) is 0 Å². The zero-order valence-electron chi connectivity index (χ0n) is 8.29. The van der Waals surface area contributed by atoms with Crippen LogP contribution < -0.4 is 69.3 Å². The molecule has 0 fully saturated rings. The Kier molecular flexibility index (Phi) is 13.7. The van der Waals surface area contributed by atoms with Crippen LogP contribution in [0.3, 0.4) is 0 Å². The molecule has 0 radical (unpaired) electrons. The second kappa shape index (κ2) is 9.24. The van der Waals surface area contributed by atoms with E-state index >= 15 is 0 Å². The molecule has 6 heteroatoms. The predicted molar refractivity (Wildman–Crippen MR) is 32.9 cm³/mol. The first-order valence-corrected chi connectivity index (χ1v) is 3.09. The van der Waals surface area contributed by atoms with E-state index in [9.17, 15) is 19.8 Å². The number of carboxylic acids is 2. The molecule has 0 aromatic carbocycles. The first-order valence-electron chi connectivity index (χ1n) is 3.09. The van der Waals surface area contributed by atoms with Gasteiger partial charge in [0, 0.05) is 0 Å². The molecular weight excluding hydrogens is 194 g/mol. The average Bonchev–Trinajstić information content (AvgIpc) is 1.81. The minimum Gasteiger partial charge on any atom is -0.545 e. The maximum Gasteiger partial charge on any atom is 1.00 e. The molecule has 0 N–H and O–H groups in total. The van der Waals surface area contributed by atoms with Crippen LogP contribution >= 0.6 is 0 Å². The monoisotopic (exact) mass is 202 g/mol. The smallest absolute Gasteiger partial charge is 0.545 e. The van der Waals surface area contributed by atoms with E-state index < -0.39 is 11.9 Å². The standard InChI is InChI=1S/C7H10O4.2Na/c1-4(2)5(7(10)11)3-6(8)9;;/h3-4H,1-2H3,(H,8,9)(H,10,11);;/q;2*+1/p-2/b5-3-;;. The van der Waals surface area contributed by atoms with Gasteiger partial charge in [0.25, 0.3) is 0 Å². The Balaban J connectivity index is -0.000000500. The second-order valence-electron chi connectivity index (χ2n) is 2.36. The first kappa shape index (κ1) is 19.3. The van der Waals surface area contributed by atoms with Crippen molar-refractivity contribution in [2.45, 2.75) is 13.8 Å². The molecule has 13 heavy (non-hydrogen) atoms. The number of aliphatic carboxylic acids is 2. The molecule has 0 aromatic rings. The molecule has 0 amide bonds. The van der Waals surface area contributed by atoms with E-state index in [4.69, 9.17) is 0 Å². The molecule has 62 valence electrons. The largest absolute Gasteiger partial charge is 1.00 e. The predicted octanol–water partition coefficient (Wildman–Crippen LogP) is -7.92. The third kappa shape index (κ3) is 9.00. The topological polar surface area (TPSA) is 80.3 Å². The van der Waals surface area contributed by atoms with Gasteiger partial charge in [-0.2, -0.15) is 0 Å². The van der Waals surface area contributed by atoms with Crippen LogP contribution in [0.25, 0.3) is 0 Å². The molecule has 0 aliphatic carbocycles. The fourth-order valence-corrected chi connectivity index (χ4v) is 0.588. The van der Waals surface area contributed by atoms with Gasteiger partial charge in [-0.3, -0.25) is 0 Å². The van der Waals surface area contributed by atoms with Crippen LogP contribution in [0.1, 0.15) is 13.8 Å². The molecule has 0 atom stereocenters. The quantitative estimate of drug-likeness (QED) is 0.336. The van der Waals surface area contributed by atoms with Crippen LogP contribution in [-0.4, -0.2) is 11.9 Å². The summed E-state index contributed by atoms with van der Waals surface area (Å²) in [6.45, 7) is 3.12. The Hall–Kier alpha value is 0.680. The molecule has 0 heterocycles. The molecule has 0 spiro atoms. The van der Waals surface area contributed by atoms with E-state index in [1.165, 1.54) is 0 Å². The van der Waals surface area contributed by atoms with Crippen molar-refractivity contribution in [3.63, 3.8) is 0 Å². The molecule has 0 rings (SSSR count). The van der Waals surface area contributed by atoms with Crippen LogP contribution in [0, 0.1) is 5.92 Å². The van der Waals surface area contributed by atoms with Gasteiger partial charge in [-0.1, -0.05) is 13.8 Å². The van der Waals surface area contributed by atoms with Crippen LogP contribution in [0.4, 0.5) is 0 Å². The summed E-state index contributed by atoms with van der Waals surface area (Å²) in [5.41, 5.74) is -0.259. The fraction of sp³-hybridized carbons (Fsp3) is 0.429. The number of hydrogen-bond donors (Lipinski definition) is 0. The fourth-order valence-electron chi connectivity index (χ4n) is 0.588. The zero-order valence-corrected chi connectivity index (χ0v) is 12.3. The van der Waals surface area contributed by atoms with Gasteiger partial charge in [0.15, 0.2) is 0 Å². The summed E-state index contributed by atoms with van der Waals surface area (Å²) < 4.78 is 0. The number of hydrogen-bond acceptors (Lipinski definition) is 4. The summed E-state index contributed by atoms with van der Waals surface area (Å²) >= 11 is 0. The summed E-state index contributed by atoms with van der Waals surface area (Å²) in [5, 5.41) is 20.1. The normalized spacial score (nSPS) is 9.92. The van der Waals surface area contributed by atoms with Crippen molar-refractivity contribution in [2.24, 2.45) is 5.92 Å². The van der Waals surface area contributed by atoms with Crippen molar-refractivity contribution in [2.75, 3.05) is 0 Å². The van der Waals surface area contributed by atoms with Crippen LogP contribution in [-0.2, 0) is 9.59 Å². The average molecular weight is 202 g/mol. The summed E-state index contributed by atoms with van der Waals surface area (Å²) in [4.78, 5) is 20.1. The second-order valence-corrected chi connectivity index (χ2v) is 2.36. The molecule has 0 saturated carbocycles. The molecular formula is C7H8Na2O4. The molecule has 0 saturated heterocycles. The molecule has 0 aromatic heterocycles. The van der Waals surface area contributed by atoms with Crippen molar-refractivity contribution in [1.82, 2.24) is 0 Å². The number of rotatable bonds is 3. The SMILES string of the molecule is CC(C)/C(=C/C(=O)[O-])C(=O)[O-].[Na+].[Na+]. The van der Waals surface area contributed by atoms with Crippen molar-refractivity contribution in [3.05, 3.63) is 11.6 Å². The van der Waals surface area contributed by atoms with Crippen LogP contribution in [0.5, 0.6) is 0 Å². The van der Waals surface area contributed by atoms with E-state index in [1.807, 2.05) is 0 Å². The zero-order chi connectivity index (χ0) is 9.02. The van der Waals surface area contributed by atoms with Crippen molar-refractivity contribution < 1.29 is 78.9 Å². The van der Waals surface area contributed by atoms with E-state index in [-0.39, 0.29) is 70.6 Å². The number of carbonyl (C=O) groups excluding carboxylic acids is 2. The maximum absolute atomic E-state index is 10.2. The summed E-state index contributed by atoms with van der Waals surface area (Å²) in [5.74, 6) is -3.36. The third-order valence-electron chi connectivity index (χ3n) is 1.13. The van der Waals surface area contributed by atoms with Gasteiger partial charge in [0.1, 0.15) is 0 Å². The number of carbonyl (C=O) groups is 2. The van der Waals surface area contributed by atoms with Crippen molar-refractivity contribution >= 4 is 11.9 Å². The summed E-state index contributed by atoms with van der Waals surface area (Å²) in [7, 11) is 0. The molecule has 4 nitrogen and oxygen atoms in total. The van der Waals surface area contributed by atoms with Gasteiger partial charge >= 0.3 is 59.1 Å². The Labute approximate surface area is 121 Å².